The molecule has 3 aliphatic rings. The summed E-state index contributed by atoms with van der Waals surface area (Å²) >= 11 is 2.50. The van der Waals surface area contributed by atoms with Gasteiger partial charge in [-0.15, -0.1) is 22.7 Å². The Morgan fingerprint density at radius 2 is 0.964 bits per heavy atom. The molecule has 4 N–H and O–H groups in total. The number of piperidine rings is 2. The lowest BCUT2D eigenvalue weighted by Crippen LogP contribution is -2.59. The summed E-state index contributed by atoms with van der Waals surface area (Å²) in [5.41, 5.74) is 0.273. The first-order valence-electron chi connectivity index (χ1n) is 20.4. The summed E-state index contributed by atoms with van der Waals surface area (Å²) in [5.74, 6) is -2.95. The van der Waals surface area contributed by atoms with Crippen LogP contribution in [0.3, 0.4) is 0 Å². The smallest absolute Gasteiger partial charge is 0.271 e. The third kappa shape index (κ3) is 9.60. The molecule has 2 saturated heterocycles. The maximum absolute atomic E-state index is 14.4. The topological polar surface area (TPSA) is 183 Å². The van der Waals surface area contributed by atoms with Gasteiger partial charge < -0.3 is 31.1 Å². The molecule has 0 radical (unpaired) electrons. The fourth-order valence-corrected chi connectivity index (χ4v) is 9.73. The highest BCUT2D eigenvalue weighted by molar-refractivity contribution is 7.10. The second kappa shape index (κ2) is 19.0. The zero-order chi connectivity index (χ0) is 40.8. The highest BCUT2D eigenvalue weighted by atomic mass is 32.1. The van der Waals surface area contributed by atoms with Gasteiger partial charge in [0.1, 0.15) is 45.6 Å². The zero-order valence-electron chi connectivity index (χ0n) is 34.1. The van der Waals surface area contributed by atoms with Gasteiger partial charge in [-0.3, -0.25) is 28.8 Å². The van der Waals surface area contributed by atoms with E-state index < -0.39 is 48.1 Å². The lowest BCUT2D eigenvalue weighted by atomic mass is 9.93. The molecule has 2 fully saturated rings. The first-order valence-corrected chi connectivity index (χ1v) is 22.2. The number of aromatic nitrogens is 2. The number of rotatable bonds is 6. The minimum absolute atomic E-state index is 0.102. The van der Waals surface area contributed by atoms with E-state index in [-0.39, 0.29) is 58.7 Å². The molecule has 8 atom stereocenters. The standard InChI is InChI=1S/C40H60N8O6S2/c1-9-23(7)31-39(53)47-17-13-11-15-27(47)35(51)43-30(22(5)6)38-42-26(20-56-38)34(50)46-32(24(8)10-2)40(54)48-18-14-12-16-28(48)36(52)44-29(21(3)4)37-41-25(19-55-37)33(49)45-31/h19-24,27-32H,9-18H2,1-8H3,(H,43,51)(H,44,52)(H,45,49)(H,46,50)/t23-,24-,27-,28-,29+,30+,31-,32-/m0/s1. The quantitative estimate of drug-likeness (QED) is 0.315. The van der Waals surface area contributed by atoms with Crippen molar-refractivity contribution in [1.29, 1.82) is 0 Å². The second-order valence-electron chi connectivity index (χ2n) is 16.4. The van der Waals surface area contributed by atoms with Crippen LogP contribution in [0.2, 0.25) is 0 Å². The van der Waals surface area contributed by atoms with Gasteiger partial charge in [0.15, 0.2) is 0 Å². The number of carbonyl (C=O) groups is 6. The average molecular weight is 813 g/mol. The maximum Gasteiger partial charge on any atom is 0.271 e. The largest absolute Gasteiger partial charge is 0.345 e. The van der Waals surface area contributed by atoms with Gasteiger partial charge in [-0.05, 0) is 62.2 Å². The van der Waals surface area contributed by atoms with Crippen LogP contribution >= 0.6 is 22.7 Å². The Morgan fingerprint density at radius 1 is 0.589 bits per heavy atom. The van der Waals surface area contributed by atoms with Crippen LogP contribution in [-0.2, 0) is 19.2 Å². The Kier molecular flexibility index (Phi) is 14.7. The van der Waals surface area contributed by atoms with Crippen molar-refractivity contribution in [2.75, 3.05) is 13.1 Å². The van der Waals surface area contributed by atoms with Crippen molar-refractivity contribution in [1.82, 2.24) is 41.0 Å². The van der Waals surface area contributed by atoms with Crippen molar-refractivity contribution >= 4 is 58.1 Å². The predicted octanol–water partition coefficient (Wildman–Crippen LogP) is 4.99. The molecule has 308 valence electrons. The molecule has 6 amide bonds. The van der Waals surface area contributed by atoms with Crippen molar-refractivity contribution in [2.24, 2.45) is 23.7 Å². The fraction of sp³-hybridized carbons (Fsp3) is 0.700. The fourth-order valence-electron chi connectivity index (χ4n) is 7.69. The molecule has 2 aromatic rings. The molecule has 56 heavy (non-hydrogen) atoms. The van der Waals surface area contributed by atoms with Crippen LogP contribution in [0.25, 0.3) is 0 Å². The van der Waals surface area contributed by atoms with E-state index in [9.17, 15) is 28.8 Å². The van der Waals surface area contributed by atoms with Crippen LogP contribution in [0.4, 0.5) is 0 Å². The van der Waals surface area contributed by atoms with Gasteiger partial charge in [-0.2, -0.15) is 0 Å². The highest BCUT2D eigenvalue weighted by Crippen LogP contribution is 2.30. The Hall–Kier alpha value is -3.92. The van der Waals surface area contributed by atoms with Crippen LogP contribution in [-0.4, -0.2) is 92.5 Å². The van der Waals surface area contributed by atoms with Crippen molar-refractivity contribution in [3.05, 3.63) is 32.2 Å². The summed E-state index contributed by atoms with van der Waals surface area (Å²) < 4.78 is 0. The molecule has 5 rings (SSSR count). The lowest BCUT2D eigenvalue weighted by molar-refractivity contribution is -0.145. The Bertz CT molecular complexity index is 1620. The zero-order valence-corrected chi connectivity index (χ0v) is 35.7. The van der Waals surface area contributed by atoms with Gasteiger partial charge in [0, 0.05) is 23.8 Å². The summed E-state index contributed by atoms with van der Waals surface area (Å²) in [6.07, 6.45) is 5.14. The molecule has 0 saturated carbocycles. The number of amides is 6. The minimum atomic E-state index is -0.896. The summed E-state index contributed by atoms with van der Waals surface area (Å²) in [7, 11) is 0. The van der Waals surface area contributed by atoms with Crippen LogP contribution in [0, 0.1) is 23.7 Å². The van der Waals surface area contributed by atoms with Crippen molar-refractivity contribution in [2.45, 2.75) is 143 Å². The van der Waals surface area contributed by atoms with E-state index in [4.69, 9.17) is 0 Å². The lowest BCUT2D eigenvalue weighted by Gasteiger charge is -2.39. The van der Waals surface area contributed by atoms with Crippen LogP contribution in [0.5, 0.6) is 0 Å². The summed E-state index contributed by atoms with van der Waals surface area (Å²) in [4.78, 5) is 97.3. The summed E-state index contributed by atoms with van der Waals surface area (Å²) in [6.45, 7) is 16.3. The monoisotopic (exact) mass is 812 g/mol. The second-order valence-corrected chi connectivity index (χ2v) is 18.1. The third-order valence-electron chi connectivity index (χ3n) is 11.7. The van der Waals surface area contributed by atoms with Crippen molar-refractivity contribution in [3.8, 4) is 0 Å². The van der Waals surface area contributed by atoms with E-state index >= 15 is 0 Å². The number of thiazole rings is 2. The van der Waals surface area contributed by atoms with E-state index in [2.05, 4.69) is 31.2 Å². The van der Waals surface area contributed by atoms with E-state index in [0.29, 0.717) is 48.8 Å². The molecule has 16 heteroatoms. The number of fused-ring (bicyclic) bond motifs is 6. The number of nitrogens with one attached hydrogen (secondary N) is 4. The van der Waals surface area contributed by atoms with E-state index in [1.807, 2.05) is 55.4 Å². The summed E-state index contributed by atoms with van der Waals surface area (Å²) in [5, 5.41) is 16.5. The van der Waals surface area contributed by atoms with E-state index in [1.54, 1.807) is 20.6 Å². The molecule has 0 spiro atoms. The molecule has 0 aromatic carbocycles. The number of hydrogen-bond donors (Lipinski definition) is 4. The number of nitrogens with zero attached hydrogens (tertiary/aromatic N) is 4. The average Bonchev–Trinajstić information content (AvgIpc) is 3.89. The Morgan fingerprint density at radius 3 is 1.30 bits per heavy atom. The number of hydrogen-bond acceptors (Lipinski definition) is 10. The SMILES string of the molecule is CC[C@H](C)[C@@H]1NC(=O)c2csc(n2)[C@@H](C(C)C)NC(=O)[C@@H]2CCCCN2C(=O)[C@H]([C@@H](C)CC)NC(=O)c2csc(n2)[C@@H](C(C)C)NC(=O)[C@@H]2CCCCN2C1=O. The molecule has 0 aliphatic carbocycles. The minimum Gasteiger partial charge on any atom is -0.345 e. The Labute approximate surface area is 338 Å². The highest BCUT2D eigenvalue weighted by Gasteiger charge is 2.41. The van der Waals surface area contributed by atoms with Gasteiger partial charge >= 0.3 is 0 Å². The molecule has 3 aliphatic heterocycles. The van der Waals surface area contributed by atoms with E-state index in [0.717, 1.165) is 25.7 Å². The molecule has 2 aromatic heterocycles. The van der Waals surface area contributed by atoms with E-state index in [1.165, 1.54) is 22.7 Å². The van der Waals surface area contributed by atoms with Crippen LogP contribution in [0.1, 0.15) is 150 Å². The molecule has 5 heterocycles. The van der Waals surface area contributed by atoms with Crippen LogP contribution in [0.15, 0.2) is 10.8 Å². The van der Waals surface area contributed by atoms with Crippen molar-refractivity contribution < 1.29 is 28.8 Å². The van der Waals surface area contributed by atoms with Gasteiger partial charge in [-0.1, -0.05) is 68.2 Å². The predicted molar refractivity (Wildman–Crippen MR) is 216 cm³/mol. The molecular weight excluding hydrogens is 753 g/mol. The van der Waals surface area contributed by atoms with Gasteiger partial charge in [0.25, 0.3) is 11.8 Å². The first-order chi connectivity index (χ1) is 26.7. The third-order valence-corrected chi connectivity index (χ3v) is 13.5. The van der Waals surface area contributed by atoms with Gasteiger partial charge in [0.2, 0.25) is 23.6 Å². The van der Waals surface area contributed by atoms with Crippen LogP contribution < -0.4 is 21.3 Å². The molecular formula is C40H60N8O6S2. The normalized spacial score (nSPS) is 27.4. The molecule has 4 bridgehead atoms. The maximum atomic E-state index is 14.4. The Balaban J connectivity index is 1.56. The molecule has 14 nitrogen and oxygen atoms in total. The molecule has 0 unspecified atom stereocenters. The number of carbonyl (C=O) groups excluding carboxylic acids is 6. The first kappa shape index (κ1) is 43.2. The van der Waals surface area contributed by atoms with Crippen molar-refractivity contribution in [3.63, 3.8) is 0 Å². The van der Waals surface area contributed by atoms with Gasteiger partial charge in [0.05, 0.1) is 12.1 Å². The summed E-state index contributed by atoms with van der Waals surface area (Å²) in [6, 6.07) is -4.39. The van der Waals surface area contributed by atoms with Gasteiger partial charge in [-0.25, -0.2) is 9.97 Å².